The number of aryl methyl sites for hydroxylation is 1. The van der Waals surface area contributed by atoms with Crippen molar-refractivity contribution in [3.63, 3.8) is 0 Å². The van der Waals surface area contributed by atoms with Crippen LogP contribution in [0.15, 0.2) is 48.5 Å². The summed E-state index contributed by atoms with van der Waals surface area (Å²) in [6.07, 6.45) is 0.453. The van der Waals surface area contributed by atoms with Gasteiger partial charge in [0, 0.05) is 17.8 Å². The minimum absolute atomic E-state index is 0.0405. The minimum atomic E-state index is -0.331. The molecule has 0 atom stereocenters. The van der Waals surface area contributed by atoms with Gasteiger partial charge in [-0.25, -0.2) is 9.07 Å². The highest BCUT2D eigenvalue weighted by Gasteiger charge is 2.19. The van der Waals surface area contributed by atoms with Gasteiger partial charge in [0.2, 0.25) is 5.91 Å². The third kappa shape index (κ3) is 4.92. The number of halogens is 1. The number of anilines is 2. The second-order valence-corrected chi connectivity index (χ2v) is 7.61. The molecular weight excluding hydrogens is 383 g/mol. The first kappa shape index (κ1) is 21.2. The summed E-state index contributed by atoms with van der Waals surface area (Å²) >= 11 is 0. The van der Waals surface area contributed by atoms with Crippen molar-refractivity contribution in [1.29, 1.82) is 0 Å². The molecule has 0 aliphatic carbocycles. The molecule has 2 amide bonds. The molecule has 7 heteroatoms. The van der Waals surface area contributed by atoms with Gasteiger partial charge in [0.1, 0.15) is 5.82 Å². The second-order valence-electron chi connectivity index (χ2n) is 7.61. The number of nitrogens with one attached hydrogen (secondary N) is 2. The summed E-state index contributed by atoms with van der Waals surface area (Å²) < 4.78 is 14.8. The normalized spacial score (nSPS) is 10.9. The SMILES string of the molecule is Cc1nn(-c2ccc(F)cc2)c(C)c1C(=O)Nc1ccc(NC(=O)CC(C)C)cc1. The molecular formula is C23H25FN4O2. The van der Waals surface area contributed by atoms with Crippen LogP contribution in [0.3, 0.4) is 0 Å². The third-order valence-electron chi connectivity index (χ3n) is 4.61. The fourth-order valence-electron chi connectivity index (χ4n) is 3.22. The molecule has 156 valence electrons. The van der Waals surface area contributed by atoms with Gasteiger partial charge < -0.3 is 10.6 Å². The van der Waals surface area contributed by atoms with Crippen LogP contribution in [0.4, 0.5) is 15.8 Å². The molecule has 0 spiro atoms. The number of rotatable bonds is 6. The van der Waals surface area contributed by atoms with E-state index in [9.17, 15) is 14.0 Å². The smallest absolute Gasteiger partial charge is 0.259 e. The Balaban J connectivity index is 1.73. The number of carbonyl (C=O) groups is 2. The van der Waals surface area contributed by atoms with E-state index >= 15 is 0 Å². The third-order valence-corrected chi connectivity index (χ3v) is 4.61. The Morgan fingerprint density at radius 3 is 2.10 bits per heavy atom. The maximum atomic E-state index is 13.2. The first-order valence-electron chi connectivity index (χ1n) is 9.78. The monoisotopic (exact) mass is 408 g/mol. The molecule has 0 bridgehead atoms. The molecule has 2 aromatic carbocycles. The number of benzene rings is 2. The Bertz CT molecular complexity index is 1050. The van der Waals surface area contributed by atoms with Crippen molar-refractivity contribution in [1.82, 2.24) is 9.78 Å². The van der Waals surface area contributed by atoms with Crippen molar-refractivity contribution in [2.45, 2.75) is 34.1 Å². The highest BCUT2D eigenvalue weighted by atomic mass is 19.1. The van der Waals surface area contributed by atoms with Crippen LogP contribution in [0.1, 0.15) is 42.0 Å². The summed E-state index contributed by atoms with van der Waals surface area (Å²) in [5.74, 6) is -0.371. The second kappa shape index (κ2) is 8.90. The van der Waals surface area contributed by atoms with Crippen LogP contribution < -0.4 is 10.6 Å². The summed E-state index contributed by atoms with van der Waals surface area (Å²) in [7, 11) is 0. The average Bonchev–Trinajstić information content (AvgIpc) is 2.97. The zero-order valence-corrected chi connectivity index (χ0v) is 17.5. The summed E-state index contributed by atoms with van der Waals surface area (Å²) in [4.78, 5) is 24.7. The lowest BCUT2D eigenvalue weighted by Crippen LogP contribution is -2.15. The number of amides is 2. The van der Waals surface area contributed by atoms with Gasteiger partial charge in [-0.2, -0.15) is 5.10 Å². The van der Waals surface area contributed by atoms with Gasteiger partial charge in [-0.1, -0.05) is 13.8 Å². The van der Waals surface area contributed by atoms with Crippen LogP contribution in [-0.4, -0.2) is 21.6 Å². The van der Waals surface area contributed by atoms with E-state index in [0.717, 1.165) is 0 Å². The van der Waals surface area contributed by atoms with Gasteiger partial charge in [-0.3, -0.25) is 9.59 Å². The topological polar surface area (TPSA) is 76.0 Å². The molecule has 2 N–H and O–H groups in total. The number of hydrogen-bond acceptors (Lipinski definition) is 3. The Hall–Kier alpha value is -3.48. The van der Waals surface area contributed by atoms with E-state index in [1.807, 2.05) is 13.8 Å². The van der Waals surface area contributed by atoms with Crippen LogP contribution in [0.5, 0.6) is 0 Å². The molecule has 0 saturated carbocycles. The Labute approximate surface area is 175 Å². The fraction of sp³-hybridized carbons (Fsp3) is 0.261. The lowest BCUT2D eigenvalue weighted by atomic mass is 10.1. The van der Waals surface area contributed by atoms with E-state index < -0.39 is 0 Å². The molecule has 1 heterocycles. The van der Waals surface area contributed by atoms with Crippen molar-refractivity contribution in [2.75, 3.05) is 10.6 Å². The summed E-state index contributed by atoms with van der Waals surface area (Å²) in [5, 5.41) is 10.1. The van der Waals surface area contributed by atoms with Crippen molar-refractivity contribution in [3.8, 4) is 5.69 Å². The molecule has 1 aromatic heterocycles. The maximum absolute atomic E-state index is 13.2. The molecule has 0 radical (unpaired) electrons. The Morgan fingerprint density at radius 2 is 1.53 bits per heavy atom. The van der Waals surface area contributed by atoms with Crippen molar-refractivity contribution in [2.24, 2.45) is 5.92 Å². The number of nitrogens with zero attached hydrogens (tertiary/aromatic N) is 2. The molecule has 0 saturated heterocycles. The van der Waals surface area contributed by atoms with E-state index in [2.05, 4.69) is 15.7 Å². The van der Waals surface area contributed by atoms with Crippen molar-refractivity contribution in [3.05, 3.63) is 71.3 Å². The van der Waals surface area contributed by atoms with Crippen LogP contribution in [-0.2, 0) is 4.79 Å². The van der Waals surface area contributed by atoms with Gasteiger partial charge in [-0.15, -0.1) is 0 Å². The van der Waals surface area contributed by atoms with E-state index in [4.69, 9.17) is 0 Å². The molecule has 30 heavy (non-hydrogen) atoms. The molecule has 0 fully saturated rings. The summed E-state index contributed by atoms with van der Waals surface area (Å²) in [5.41, 5.74) is 3.66. The predicted octanol–water partition coefficient (Wildman–Crippen LogP) is 4.87. The van der Waals surface area contributed by atoms with Crippen LogP contribution in [0, 0.1) is 25.6 Å². The van der Waals surface area contributed by atoms with Gasteiger partial charge >= 0.3 is 0 Å². The largest absolute Gasteiger partial charge is 0.326 e. The van der Waals surface area contributed by atoms with E-state index in [-0.39, 0.29) is 23.5 Å². The number of hydrogen-bond donors (Lipinski definition) is 2. The average molecular weight is 408 g/mol. The minimum Gasteiger partial charge on any atom is -0.326 e. The maximum Gasteiger partial charge on any atom is 0.259 e. The van der Waals surface area contributed by atoms with Gasteiger partial charge in [-0.05, 0) is 68.3 Å². The zero-order valence-electron chi connectivity index (χ0n) is 17.5. The lowest BCUT2D eigenvalue weighted by Gasteiger charge is -2.09. The predicted molar refractivity (Wildman–Crippen MR) is 115 cm³/mol. The Morgan fingerprint density at radius 1 is 0.967 bits per heavy atom. The van der Waals surface area contributed by atoms with E-state index in [0.29, 0.717) is 40.4 Å². The molecule has 3 aromatic rings. The molecule has 3 rings (SSSR count). The van der Waals surface area contributed by atoms with Crippen LogP contribution in [0.25, 0.3) is 5.69 Å². The van der Waals surface area contributed by atoms with Gasteiger partial charge in [0.05, 0.1) is 22.6 Å². The summed E-state index contributed by atoms with van der Waals surface area (Å²) in [6, 6.07) is 12.9. The lowest BCUT2D eigenvalue weighted by molar-refractivity contribution is -0.116. The highest BCUT2D eigenvalue weighted by Crippen LogP contribution is 2.21. The first-order valence-corrected chi connectivity index (χ1v) is 9.78. The quantitative estimate of drug-likeness (QED) is 0.611. The first-order chi connectivity index (χ1) is 14.2. The fourth-order valence-corrected chi connectivity index (χ4v) is 3.22. The molecule has 0 aliphatic rings. The van der Waals surface area contributed by atoms with Crippen LogP contribution in [0.2, 0.25) is 0 Å². The molecule has 0 aliphatic heterocycles. The molecule has 6 nitrogen and oxygen atoms in total. The molecule has 0 unspecified atom stereocenters. The summed E-state index contributed by atoms with van der Waals surface area (Å²) in [6.45, 7) is 7.53. The van der Waals surface area contributed by atoms with Crippen molar-refractivity contribution >= 4 is 23.2 Å². The highest BCUT2D eigenvalue weighted by molar-refractivity contribution is 6.06. The van der Waals surface area contributed by atoms with Gasteiger partial charge in [0.25, 0.3) is 5.91 Å². The van der Waals surface area contributed by atoms with Crippen LogP contribution >= 0.6 is 0 Å². The van der Waals surface area contributed by atoms with E-state index in [1.54, 1.807) is 54.9 Å². The Kier molecular flexibility index (Phi) is 6.30. The van der Waals surface area contributed by atoms with Gasteiger partial charge in [0.15, 0.2) is 0 Å². The van der Waals surface area contributed by atoms with E-state index in [1.165, 1.54) is 12.1 Å². The van der Waals surface area contributed by atoms with Crippen molar-refractivity contribution < 1.29 is 14.0 Å². The number of carbonyl (C=O) groups excluding carboxylic acids is 2. The zero-order chi connectivity index (χ0) is 21.8. The standard InChI is InChI=1S/C23H25FN4O2/c1-14(2)13-21(29)25-18-7-9-19(10-8-18)26-23(30)22-15(3)27-28(16(22)4)20-11-5-17(24)6-12-20/h5-12,14H,13H2,1-4H3,(H,25,29)(H,26,30). The number of aromatic nitrogens is 2.